The van der Waals surface area contributed by atoms with Crippen molar-refractivity contribution in [3.63, 3.8) is 0 Å². The zero-order valence-electron chi connectivity index (χ0n) is 8.78. The van der Waals surface area contributed by atoms with Crippen LogP contribution in [0.2, 0.25) is 0 Å². The first-order valence-electron chi connectivity index (χ1n) is 5.04. The molecule has 3 nitrogen and oxygen atoms in total. The predicted molar refractivity (Wildman–Crippen MR) is 72.0 cm³/mol. The van der Waals surface area contributed by atoms with E-state index in [2.05, 4.69) is 15.9 Å². The minimum atomic E-state index is 0. The van der Waals surface area contributed by atoms with Gasteiger partial charge in [-0.2, -0.15) is 0 Å². The summed E-state index contributed by atoms with van der Waals surface area (Å²) < 4.78 is 0.871. The van der Waals surface area contributed by atoms with Crippen molar-refractivity contribution in [2.75, 3.05) is 17.2 Å². The maximum Gasteiger partial charge on any atom is 0.226 e. The molecule has 2 N–H and O–H groups in total. The lowest BCUT2D eigenvalue weighted by Crippen LogP contribution is -2.35. The number of hydrogen-bond acceptors (Lipinski definition) is 2. The zero-order chi connectivity index (χ0) is 10.8. The second-order valence-electron chi connectivity index (χ2n) is 3.71. The molecule has 2 rings (SSSR count). The van der Waals surface area contributed by atoms with Crippen LogP contribution in [0.3, 0.4) is 0 Å². The van der Waals surface area contributed by atoms with Gasteiger partial charge in [-0.3, -0.25) is 4.79 Å². The number of anilines is 2. The Labute approximate surface area is 110 Å². The molecule has 0 aliphatic carbocycles. The third-order valence-corrected chi connectivity index (χ3v) is 3.34. The number of carbonyl (C=O) groups excluding carboxylic acids is 1. The quantitative estimate of drug-likeness (QED) is 0.811. The molecule has 0 atom stereocenters. The van der Waals surface area contributed by atoms with Gasteiger partial charge in [0, 0.05) is 28.8 Å². The van der Waals surface area contributed by atoms with Gasteiger partial charge in [0.15, 0.2) is 0 Å². The van der Waals surface area contributed by atoms with Crippen LogP contribution in [0.25, 0.3) is 0 Å². The third-order valence-electron chi connectivity index (χ3n) is 2.61. The molecule has 1 aliphatic heterocycles. The normalized spacial score (nSPS) is 15.8. The SMILES string of the molecule is Cl.Nc1cc(N2CCCCC2=O)ccc1Br. The van der Waals surface area contributed by atoms with E-state index >= 15 is 0 Å². The molecule has 1 saturated heterocycles. The van der Waals surface area contributed by atoms with Gasteiger partial charge in [0.25, 0.3) is 0 Å². The van der Waals surface area contributed by atoms with Crippen LogP contribution in [0.4, 0.5) is 11.4 Å². The van der Waals surface area contributed by atoms with Gasteiger partial charge < -0.3 is 10.6 Å². The summed E-state index contributed by atoms with van der Waals surface area (Å²) in [5.41, 5.74) is 7.36. The van der Waals surface area contributed by atoms with Crippen LogP contribution in [-0.4, -0.2) is 12.5 Å². The van der Waals surface area contributed by atoms with Crippen LogP contribution >= 0.6 is 28.3 Å². The van der Waals surface area contributed by atoms with Gasteiger partial charge in [-0.15, -0.1) is 12.4 Å². The fourth-order valence-electron chi connectivity index (χ4n) is 1.78. The topological polar surface area (TPSA) is 46.3 Å². The highest BCUT2D eigenvalue weighted by molar-refractivity contribution is 9.10. The molecule has 1 aromatic rings. The lowest BCUT2D eigenvalue weighted by atomic mass is 10.1. The van der Waals surface area contributed by atoms with E-state index in [1.54, 1.807) is 0 Å². The Balaban J connectivity index is 0.00000128. The van der Waals surface area contributed by atoms with E-state index in [0.29, 0.717) is 12.1 Å². The summed E-state index contributed by atoms with van der Waals surface area (Å²) in [6.45, 7) is 0.805. The number of carbonyl (C=O) groups is 1. The minimum absolute atomic E-state index is 0. The molecular weight excluding hydrogens is 291 g/mol. The van der Waals surface area contributed by atoms with Crippen LogP contribution in [0, 0.1) is 0 Å². The molecule has 0 bridgehead atoms. The highest BCUT2D eigenvalue weighted by Gasteiger charge is 2.19. The fraction of sp³-hybridized carbons (Fsp3) is 0.364. The van der Waals surface area contributed by atoms with Crippen molar-refractivity contribution < 1.29 is 4.79 Å². The molecule has 88 valence electrons. The zero-order valence-corrected chi connectivity index (χ0v) is 11.2. The number of nitrogen functional groups attached to an aromatic ring is 1. The number of hydrogen-bond donors (Lipinski definition) is 1. The van der Waals surface area contributed by atoms with Crippen molar-refractivity contribution >= 4 is 45.6 Å². The Morgan fingerprint density at radius 1 is 1.31 bits per heavy atom. The Kier molecular flexibility index (Phi) is 4.62. The monoisotopic (exact) mass is 304 g/mol. The number of piperidine rings is 1. The van der Waals surface area contributed by atoms with Crippen molar-refractivity contribution in [3.05, 3.63) is 22.7 Å². The summed E-state index contributed by atoms with van der Waals surface area (Å²) in [5.74, 6) is 0.197. The van der Waals surface area contributed by atoms with Gasteiger partial charge in [0.1, 0.15) is 0 Å². The second kappa shape index (κ2) is 5.55. The molecule has 1 amide bonds. The Morgan fingerprint density at radius 3 is 2.69 bits per heavy atom. The molecule has 1 aliphatic rings. The van der Waals surface area contributed by atoms with Crippen LogP contribution < -0.4 is 10.6 Å². The third kappa shape index (κ3) is 2.68. The van der Waals surface area contributed by atoms with Crippen molar-refractivity contribution in [1.29, 1.82) is 0 Å². The van der Waals surface area contributed by atoms with Crippen LogP contribution in [-0.2, 0) is 4.79 Å². The fourth-order valence-corrected chi connectivity index (χ4v) is 2.02. The first kappa shape index (κ1) is 13.3. The number of nitrogens with two attached hydrogens (primary N) is 1. The summed E-state index contributed by atoms with van der Waals surface area (Å²) in [4.78, 5) is 13.5. The molecule has 0 unspecified atom stereocenters. The highest BCUT2D eigenvalue weighted by Crippen LogP contribution is 2.27. The largest absolute Gasteiger partial charge is 0.398 e. The molecule has 1 fully saturated rings. The van der Waals surface area contributed by atoms with E-state index in [4.69, 9.17) is 5.73 Å². The Morgan fingerprint density at radius 2 is 2.06 bits per heavy atom. The summed E-state index contributed by atoms with van der Waals surface area (Å²) in [5, 5.41) is 0. The number of halogens is 2. The maximum absolute atomic E-state index is 11.7. The average molecular weight is 306 g/mol. The lowest BCUT2D eigenvalue weighted by molar-refractivity contribution is -0.119. The highest BCUT2D eigenvalue weighted by atomic mass is 79.9. The number of amides is 1. The smallest absolute Gasteiger partial charge is 0.226 e. The second-order valence-corrected chi connectivity index (χ2v) is 4.56. The number of nitrogens with zero attached hydrogens (tertiary/aromatic N) is 1. The molecule has 0 spiro atoms. The average Bonchev–Trinajstić information content (AvgIpc) is 2.23. The van der Waals surface area contributed by atoms with Gasteiger partial charge in [-0.25, -0.2) is 0 Å². The standard InChI is InChI=1S/C11H13BrN2O.ClH/c12-9-5-4-8(7-10(9)13)14-6-2-1-3-11(14)15;/h4-5,7H,1-3,6,13H2;1H. The van der Waals surface area contributed by atoms with Crippen molar-refractivity contribution in [2.24, 2.45) is 0 Å². The van der Waals surface area contributed by atoms with Crippen LogP contribution in [0.1, 0.15) is 19.3 Å². The predicted octanol–water partition coefficient (Wildman–Crippen LogP) is 2.97. The first-order valence-corrected chi connectivity index (χ1v) is 5.83. The van der Waals surface area contributed by atoms with Gasteiger partial charge in [0.2, 0.25) is 5.91 Å². The molecular formula is C11H14BrClN2O. The van der Waals surface area contributed by atoms with E-state index < -0.39 is 0 Å². The van der Waals surface area contributed by atoms with E-state index in [1.165, 1.54) is 0 Å². The summed E-state index contributed by atoms with van der Waals surface area (Å²) in [6.07, 6.45) is 2.72. The van der Waals surface area contributed by atoms with E-state index in [9.17, 15) is 4.79 Å². The maximum atomic E-state index is 11.7. The molecule has 0 radical (unpaired) electrons. The van der Waals surface area contributed by atoms with E-state index in [1.807, 2.05) is 23.1 Å². The van der Waals surface area contributed by atoms with Gasteiger partial charge in [0.05, 0.1) is 0 Å². The molecule has 0 aromatic heterocycles. The number of benzene rings is 1. The summed E-state index contributed by atoms with van der Waals surface area (Å²) in [7, 11) is 0. The molecule has 1 heterocycles. The number of rotatable bonds is 1. The Bertz CT molecular complexity index is 398. The molecule has 16 heavy (non-hydrogen) atoms. The Hall–Kier alpha value is -0.740. The van der Waals surface area contributed by atoms with Gasteiger partial charge in [-0.05, 0) is 47.0 Å². The van der Waals surface area contributed by atoms with Crippen molar-refractivity contribution in [1.82, 2.24) is 0 Å². The van der Waals surface area contributed by atoms with E-state index in [-0.39, 0.29) is 18.3 Å². The van der Waals surface area contributed by atoms with Gasteiger partial charge >= 0.3 is 0 Å². The minimum Gasteiger partial charge on any atom is -0.398 e. The van der Waals surface area contributed by atoms with Gasteiger partial charge in [-0.1, -0.05) is 0 Å². The van der Waals surface area contributed by atoms with Crippen LogP contribution in [0.5, 0.6) is 0 Å². The lowest BCUT2D eigenvalue weighted by Gasteiger charge is -2.27. The van der Waals surface area contributed by atoms with E-state index in [0.717, 1.165) is 29.5 Å². The molecule has 1 aromatic carbocycles. The molecule has 0 saturated carbocycles. The van der Waals surface area contributed by atoms with Crippen molar-refractivity contribution in [3.8, 4) is 0 Å². The molecule has 5 heteroatoms. The summed E-state index contributed by atoms with van der Waals surface area (Å²) >= 11 is 3.34. The summed E-state index contributed by atoms with van der Waals surface area (Å²) in [6, 6.07) is 5.64. The van der Waals surface area contributed by atoms with Crippen LogP contribution in [0.15, 0.2) is 22.7 Å². The first-order chi connectivity index (χ1) is 7.18. The van der Waals surface area contributed by atoms with Crippen molar-refractivity contribution in [2.45, 2.75) is 19.3 Å².